The van der Waals surface area contributed by atoms with Crippen molar-refractivity contribution in [3.05, 3.63) is 12.8 Å². The second kappa shape index (κ2) is 13.2. The Kier molecular flexibility index (Phi) is 12.3. The number of hydrogen-bond acceptors (Lipinski definition) is 3. The van der Waals surface area contributed by atoms with Crippen molar-refractivity contribution >= 4 is 5.91 Å². The molecule has 0 spiro atoms. The summed E-state index contributed by atoms with van der Waals surface area (Å²) in [5, 5.41) is 0. The van der Waals surface area contributed by atoms with Crippen LogP contribution in [0.2, 0.25) is 0 Å². The number of amides is 1. The molecule has 1 aliphatic heterocycles. The molecule has 1 amide bonds. The monoisotopic (exact) mass is 308 g/mol. The lowest BCUT2D eigenvalue weighted by molar-refractivity contribution is -0.133. The zero-order chi connectivity index (χ0) is 16.8. The van der Waals surface area contributed by atoms with E-state index in [2.05, 4.69) is 37.2 Å². The summed E-state index contributed by atoms with van der Waals surface area (Å²) in [4.78, 5) is 16.2. The highest BCUT2D eigenvalue weighted by Crippen LogP contribution is 2.05. The Labute approximate surface area is 136 Å². The van der Waals surface area contributed by atoms with E-state index < -0.39 is 0 Å². The molecule has 1 aliphatic rings. The normalized spacial score (nSPS) is 14.5. The van der Waals surface area contributed by atoms with Crippen molar-refractivity contribution in [3.63, 3.8) is 0 Å². The van der Waals surface area contributed by atoms with E-state index in [1.54, 1.807) is 0 Å². The summed E-state index contributed by atoms with van der Waals surface area (Å²) in [7, 11) is 0. The summed E-state index contributed by atoms with van der Waals surface area (Å²) >= 11 is 0. The van der Waals surface area contributed by atoms with Gasteiger partial charge in [0.15, 0.2) is 0 Å². The maximum Gasteiger partial charge on any atom is 0.222 e. The molecule has 0 unspecified atom stereocenters. The van der Waals surface area contributed by atoms with Gasteiger partial charge in [-0.2, -0.15) is 0 Å². The molecule has 0 aromatic heterocycles. The molecular weight excluding hydrogens is 276 g/mol. The van der Waals surface area contributed by atoms with Crippen molar-refractivity contribution in [1.82, 2.24) is 9.80 Å². The molecule has 1 heterocycles. The minimum atomic E-state index is 0.227. The Balaban J connectivity index is 0.00000211. The van der Waals surface area contributed by atoms with Gasteiger partial charge in [-0.15, -0.1) is 0 Å². The zero-order valence-corrected chi connectivity index (χ0v) is 14.7. The molecule has 0 aromatic carbocycles. The van der Waals surface area contributed by atoms with Crippen molar-refractivity contribution in [2.24, 2.45) is 5.92 Å². The van der Waals surface area contributed by atoms with Crippen LogP contribution in [0, 0.1) is 17.8 Å². The Morgan fingerprint density at radius 1 is 1.27 bits per heavy atom. The fourth-order valence-corrected chi connectivity index (χ4v) is 2.07. The van der Waals surface area contributed by atoms with Gasteiger partial charge in [-0.05, 0) is 6.42 Å². The van der Waals surface area contributed by atoms with Crippen molar-refractivity contribution in [1.29, 1.82) is 0 Å². The van der Waals surface area contributed by atoms with Crippen LogP contribution in [0.5, 0.6) is 0 Å². The summed E-state index contributed by atoms with van der Waals surface area (Å²) in [5.74, 6) is 7.02. The zero-order valence-electron chi connectivity index (χ0n) is 14.7. The van der Waals surface area contributed by atoms with E-state index in [0.29, 0.717) is 18.9 Å². The largest absolute Gasteiger partial charge is 0.502 e. The summed E-state index contributed by atoms with van der Waals surface area (Å²) in [6.45, 7) is 16.5. The average molecular weight is 308 g/mol. The number of hydrogen-bond donors (Lipinski definition) is 0. The fraction of sp³-hybridized carbons (Fsp3) is 0.722. The summed E-state index contributed by atoms with van der Waals surface area (Å²) in [5.41, 5.74) is 0. The molecule has 0 aromatic rings. The SMILES string of the molecule is C=COCCCC(=O)N1CCN(CC#CC(C)C)CC1.CC. The Morgan fingerprint density at radius 3 is 2.45 bits per heavy atom. The standard InChI is InChI=1S/C16H26N2O2.C2H6/c1-4-20-14-6-8-16(19)18-12-10-17(11-13-18)9-5-7-15(2)3;1-2/h4,15H,1,6,8-14H2,2-3H3;1-2H3. The minimum absolute atomic E-state index is 0.227. The van der Waals surface area contributed by atoms with Gasteiger partial charge >= 0.3 is 0 Å². The molecule has 1 saturated heterocycles. The van der Waals surface area contributed by atoms with E-state index in [0.717, 1.165) is 39.1 Å². The highest BCUT2D eigenvalue weighted by Gasteiger charge is 2.19. The molecular formula is C18H32N2O2. The van der Waals surface area contributed by atoms with Gasteiger partial charge in [-0.25, -0.2) is 0 Å². The highest BCUT2D eigenvalue weighted by molar-refractivity contribution is 5.76. The number of carbonyl (C=O) groups is 1. The highest BCUT2D eigenvalue weighted by atomic mass is 16.5. The molecule has 4 heteroatoms. The first-order chi connectivity index (χ1) is 10.6. The Bertz CT molecular complexity index is 361. The molecule has 4 nitrogen and oxygen atoms in total. The van der Waals surface area contributed by atoms with Crippen LogP contribution in [-0.2, 0) is 9.53 Å². The second-order valence-corrected chi connectivity index (χ2v) is 5.27. The van der Waals surface area contributed by atoms with Crippen LogP contribution in [-0.4, -0.2) is 55.0 Å². The number of ether oxygens (including phenoxy) is 1. The van der Waals surface area contributed by atoms with Gasteiger partial charge in [-0.1, -0.05) is 46.1 Å². The minimum Gasteiger partial charge on any atom is -0.502 e. The van der Waals surface area contributed by atoms with Gasteiger partial charge in [-0.3, -0.25) is 9.69 Å². The van der Waals surface area contributed by atoms with Crippen LogP contribution >= 0.6 is 0 Å². The molecule has 1 rings (SSSR count). The topological polar surface area (TPSA) is 32.8 Å². The number of piperazine rings is 1. The fourth-order valence-electron chi connectivity index (χ4n) is 2.07. The van der Waals surface area contributed by atoms with Gasteiger partial charge in [0.05, 0.1) is 19.4 Å². The molecule has 126 valence electrons. The number of nitrogens with zero attached hydrogens (tertiary/aromatic N) is 2. The van der Waals surface area contributed by atoms with Crippen molar-refractivity contribution in [3.8, 4) is 11.8 Å². The lowest BCUT2D eigenvalue weighted by Crippen LogP contribution is -2.48. The molecule has 0 bridgehead atoms. The van der Waals surface area contributed by atoms with Gasteiger partial charge in [0.2, 0.25) is 5.91 Å². The van der Waals surface area contributed by atoms with Crippen LogP contribution in [0.1, 0.15) is 40.5 Å². The van der Waals surface area contributed by atoms with Gasteiger partial charge in [0.1, 0.15) is 0 Å². The van der Waals surface area contributed by atoms with Crippen LogP contribution in [0.4, 0.5) is 0 Å². The maximum absolute atomic E-state index is 12.0. The Hall–Kier alpha value is -1.47. The van der Waals surface area contributed by atoms with Crippen LogP contribution < -0.4 is 0 Å². The third-order valence-electron chi connectivity index (χ3n) is 3.19. The smallest absolute Gasteiger partial charge is 0.222 e. The van der Waals surface area contributed by atoms with E-state index in [1.165, 1.54) is 6.26 Å². The lowest BCUT2D eigenvalue weighted by Gasteiger charge is -2.33. The first kappa shape index (κ1) is 20.5. The Morgan fingerprint density at radius 2 is 1.91 bits per heavy atom. The average Bonchev–Trinajstić information content (AvgIpc) is 2.53. The van der Waals surface area contributed by atoms with Crippen molar-refractivity contribution in [2.45, 2.75) is 40.5 Å². The molecule has 1 fully saturated rings. The summed E-state index contributed by atoms with van der Waals surface area (Å²) in [6, 6.07) is 0. The van der Waals surface area contributed by atoms with Crippen LogP contribution in [0.3, 0.4) is 0 Å². The first-order valence-corrected chi connectivity index (χ1v) is 8.34. The third kappa shape index (κ3) is 9.46. The van der Waals surface area contributed by atoms with E-state index in [9.17, 15) is 4.79 Å². The predicted octanol–water partition coefficient (Wildman–Crippen LogP) is 2.76. The first-order valence-electron chi connectivity index (χ1n) is 8.34. The predicted molar refractivity (Wildman–Crippen MR) is 92.4 cm³/mol. The molecule has 0 N–H and O–H groups in total. The van der Waals surface area contributed by atoms with Crippen molar-refractivity contribution in [2.75, 3.05) is 39.3 Å². The summed E-state index contributed by atoms with van der Waals surface area (Å²) < 4.78 is 5.02. The van der Waals surface area contributed by atoms with Crippen LogP contribution in [0.15, 0.2) is 12.8 Å². The molecule has 0 radical (unpaired) electrons. The third-order valence-corrected chi connectivity index (χ3v) is 3.19. The second-order valence-electron chi connectivity index (χ2n) is 5.27. The van der Waals surface area contributed by atoms with Gasteiger partial charge in [0.25, 0.3) is 0 Å². The molecule has 0 saturated carbocycles. The van der Waals surface area contributed by atoms with E-state index >= 15 is 0 Å². The lowest BCUT2D eigenvalue weighted by atomic mass is 10.2. The summed E-state index contributed by atoms with van der Waals surface area (Å²) in [6.07, 6.45) is 2.73. The van der Waals surface area contributed by atoms with E-state index in [-0.39, 0.29) is 5.91 Å². The van der Waals surface area contributed by atoms with E-state index in [1.807, 2.05) is 18.7 Å². The number of rotatable bonds is 6. The quantitative estimate of drug-likeness (QED) is 0.430. The van der Waals surface area contributed by atoms with Crippen LogP contribution in [0.25, 0.3) is 0 Å². The van der Waals surface area contributed by atoms with Gasteiger partial charge < -0.3 is 9.64 Å². The number of carbonyl (C=O) groups excluding carboxylic acids is 1. The van der Waals surface area contributed by atoms with Gasteiger partial charge in [0, 0.05) is 38.5 Å². The van der Waals surface area contributed by atoms with E-state index in [4.69, 9.17) is 4.74 Å². The molecule has 22 heavy (non-hydrogen) atoms. The molecule has 0 atom stereocenters. The van der Waals surface area contributed by atoms with Crippen molar-refractivity contribution < 1.29 is 9.53 Å². The maximum atomic E-state index is 12.0. The molecule has 0 aliphatic carbocycles.